The Morgan fingerprint density at radius 1 is 1.11 bits per heavy atom. The first-order valence-corrected chi connectivity index (χ1v) is 12.6. The third-order valence-corrected chi connectivity index (χ3v) is 7.79. The molecule has 1 aromatic carbocycles. The van der Waals surface area contributed by atoms with Crippen LogP contribution in [0.3, 0.4) is 0 Å². The molecule has 1 aliphatic heterocycles. The minimum absolute atomic E-state index is 0.0189. The van der Waals surface area contributed by atoms with Crippen LogP contribution in [-0.4, -0.2) is 47.3 Å². The lowest BCUT2D eigenvalue weighted by atomic mass is 9.78. The average Bonchev–Trinajstić information content (AvgIpc) is 3.37. The number of benzene rings is 1. The predicted octanol–water partition coefficient (Wildman–Crippen LogP) is 2.36. The molecule has 6 N–H and O–H groups in total. The molecule has 2 aromatic rings. The summed E-state index contributed by atoms with van der Waals surface area (Å²) in [6, 6.07) is 7.57. The molecule has 192 valence electrons. The quantitative estimate of drug-likeness (QED) is 0.440. The van der Waals surface area contributed by atoms with Crippen LogP contribution in [0.1, 0.15) is 67.9 Å². The lowest BCUT2D eigenvalue weighted by Gasteiger charge is -2.40. The Kier molecular flexibility index (Phi) is 7.42. The van der Waals surface area contributed by atoms with E-state index in [9.17, 15) is 14.4 Å². The van der Waals surface area contributed by atoms with Crippen molar-refractivity contribution < 1.29 is 14.4 Å². The molecule has 3 amide bonds. The topological polar surface area (TPSA) is 156 Å². The van der Waals surface area contributed by atoms with Crippen molar-refractivity contribution in [1.82, 2.24) is 15.3 Å². The molecule has 1 saturated heterocycles. The summed E-state index contributed by atoms with van der Waals surface area (Å²) in [6.07, 6.45) is 7.36. The van der Waals surface area contributed by atoms with Crippen LogP contribution in [-0.2, 0) is 15.0 Å². The first-order valence-electron chi connectivity index (χ1n) is 12.6. The predicted molar refractivity (Wildman–Crippen MR) is 138 cm³/mol. The van der Waals surface area contributed by atoms with E-state index >= 15 is 0 Å². The van der Waals surface area contributed by atoms with Crippen LogP contribution in [0.2, 0.25) is 0 Å². The highest BCUT2D eigenvalue weighted by Gasteiger charge is 2.41. The van der Waals surface area contributed by atoms with Crippen LogP contribution >= 0.6 is 0 Å². The summed E-state index contributed by atoms with van der Waals surface area (Å²) in [5, 5.41) is 5.88. The van der Waals surface area contributed by atoms with Crippen molar-refractivity contribution in [3.8, 4) is 0 Å². The average molecular weight is 494 g/mol. The van der Waals surface area contributed by atoms with Crippen LogP contribution in [0.25, 0.3) is 0 Å². The van der Waals surface area contributed by atoms with Crippen LogP contribution in [0.15, 0.2) is 30.5 Å². The molecule has 0 spiro atoms. The van der Waals surface area contributed by atoms with Gasteiger partial charge in [-0.05, 0) is 56.2 Å². The van der Waals surface area contributed by atoms with Gasteiger partial charge in [-0.25, -0.2) is 9.97 Å². The molecule has 2 atom stereocenters. The molecular weight excluding hydrogens is 458 g/mol. The monoisotopic (exact) mass is 493 g/mol. The van der Waals surface area contributed by atoms with E-state index < -0.39 is 11.3 Å². The number of aromatic nitrogens is 2. The van der Waals surface area contributed by atoms with Gasteiger partial charge >= 0.3 is 0 Å². The molecule has 1 saturated carbocycles. The number of piperidine rings is 1. The van der Waals surface area contributed by atoms with Crippen LogP contribution in [0.4, 0.5) is 17.3 Å². The maximum Gasteiger partial charge on any atom is 0.271 e. The highest BCUT2D eigenvalue weighted by atomic mass is 16.2. The minimum atomic E-state index is -0.684. The maximum absolute atomic E-state index is 12.2. The fourth-order valence-electron chi connectivity index (χ4n) is 5.61. The molecule has 4 rings (SSSR count). The van der Waals surface area contributed by atoms with Crippen molar-refractivity contribution in [2.24, 2.45) is 17.4 Å². The molecule has 1 aliphatic carbocycles. The summed E-state index contributed by atoms with van der Waals surface area (Å²) in [5.41, 5.74) is 12.4. The van der Waals surface area contributed by atoms with Gasteiger partial charge in [0.1, 0.15) is 5.82 Å². The third-order valence-electron chi connectivity index (χ3n) is 7.79. The second-order valence-corrected chi connectivity index (χ2v) is 9.86. The number of carbonyl (C=O) groups is 3. The van der Waals surface area contributed by atoms with Gasteiger partial charge in [-0.15, -0.1) is 0 Å². The van der Waals surface area contributed by atoms with E-state index in [1.165, 1.54) is 0 Å². The molecule has 10 nitrogen and oxygen atoms in total. The second-order valence-electron chi connectivity index (χ2n) is 9.86. The van der Waals surface area contributed by atoms with Crippen LogP contribution in [0, 0.1) is 5.92 Å². The first kappa shape index (κ1) is 25.4. The SMILES string of the molecule is CNC(=O)C[C@@H]1CCCN(c2cnc(C(N)=O)c(Nc3ccc(C4(C(N)=O)CCCC4)cc3)n2)[C@@H]1C. The molecule has 1 aromatic heterocycles. The Bertz CT molecular complexity index is 1130. The summed E-state index contributed by atoms with van der Waals surface area (Å²) < 4.78 is 0. The van der Waals surface area contributed by atoms with Gasteiger partial charge in [0, 0.05) is 31.7 Å². The van der Waals surface area contributed by atoms with Crippen molar-refractivity contribution in [2.75, 3.05) is 23.8 Å². The number of primary amides is 2. The van der Waals surface area contributed by atoms with E-state index in [4.69, 9.17) is 16.5 Å². The van der Waals surface area contributed by atoms with Crippen LogP contribution < -0.4 is 27.0 Å². The zero-order chi connectivity index (χ0) is 25.9. The van der Waals surface area contributed by atoms with E-state index in [0.717, 1.165) is 50.6 Å². The third kappa shape index (κ3) is 4.98. The van der Waals surface area contributed by atoms with Gasteiger partial charge in [0.05, 0.1) is 11.6 Å². The number of nitrogens with two attached hydrogens (primary N) is 2. The zero-order valence-corrected chi connectivity index (χ0v) is 20.9. The highest BCUT2D eigenvalue weighted by molar-refractivity contribution is 5.96. The number of carbonyl (C=O) groups excluding carboxylic acids is 3. The van der Waals surface area contributed by atoms with Gasteiger partial charge in [-0.3, -0.25) is 14.4 Å². The summed E-state index contributed by atoms with van der Waals surface area (Å²) in [4.78, 5) is 47.5. The minimum Gasteiger partial charge on any atom is -0.369 e. The Balaban J connectivity index is 1.58. The highest BCUT2D eigenvalue weighted by Crippen LogP contribution is 2.41. The molecule has 0 radical (unpaired) electrons. The van der Waals surface area contributed by atoms with E-state index in [2.05, 4.69) is 27.4 Å². The van der Waals surface area contributed by atoms with Gasteiger partial charge < -0.3 is 27.0 Å². The fourth-order valence-corrected chi connectivity index (χ4v) is 5.61. The zero-order valence-electron chi connectivity index (χ0n) is 20.9. The summed E-state index contributed by atoms with van der Waals surface area (Å²) in [5.74, 6) is 0.112. The number of hydrogen-bond donors (Lipinski definition) is 4. The van der Waals surface area contributed by atoms with Crippen molar-refractivity contribution in [3.63, 3.8) is 0 Å². The van der Waals surface area contributed by atoms with Crippen molar-refractivity contribution in [3.05, 3.63) is 41.7 Å². The number of anilines is 3. The van der Waals surface area contributed by atoms with Crippen LogP contribution in [0.5, 0.6) is 0 Å². The molecule has 0 bridgehead atoms. The largest absolute Gasteiger partial charge is 0.369 e. The van der Waals surface area contributed by atoms with E-state index in [0.29, 0.717) is 17.9 Å². The van der Waals surface area contributed by atoms with Crippen molar-refractivity contribution >= 4 is 35.0 Å². The van der Waals surface area contributed by atoms with Crippen molar-refractivity contribution in [2.45, 2.75) is 63.3 Å². The van der Waals surface area contributed by atoms with E-state index in [1.807, 2.05) is 24.3 Å². The van der Waals surface area contributed by atoms with Gasteiger partial charge in [-0.1, -0.05) is 25.0 Å². The number of nitrogens with one attached hydrogen (secondary N) is 2. The second kappa shape index (κ2) is 10.5. The fraction of sp³-hybridized carbons (Fsp3) is 0.500. The number of amides is 3. The Labute approximate surface area is 211 Å². The molecule has 10 heteroatoms. The summed E-state index contributed by atoms with van der Waals surface area (Å²) in [7, 11) is 1.65. The molecule has 0 unspecified atom stereocenters. The van der Waals surface area contributed by atoms with E-state index in [-0.39, 0.29) is 35.3 Å². The van der Waals surface area contributed by atoms with Gasteiger partial charge in [0.15, 0.2) is 11.5 Å². The molecular formula is C26H35N7O3. The standard InChI is InChI=1S/C26H35N7O3/c1-16-17(14-21(34)29-2)6-5-13-33(16)20-15-30-22(23(27)35)24(32-20)31-19-9-7-18(8-10-19)26(25(28)36)11-3-4-12-26/h7-10,15-17H,3-6,11-14H2,1-2H3,(H2,27,35)(H2,28,36)(H,29,34)(H,31,32)/t16-,17+/m1/s1. The molecule has 36 heavy (non-hydrogen) atoms. The lowest BCUT2D eigenvalue weighted by molar-refractivity contribution is -0.123. The Morgan fingerprint density at radius 3 is 2.42 bits per heavy atom. The molecule has 2 heterocycles. The first-order chi connectivity index (χ1) is 17.2. The Morgan fingerprint density at radius 2 is 1.81 bits per heavy atom. The molecule has 2 aliphatic rings. The van der Waals surface area contributed by atoms with Gasteiger partial charge in [0.2, 0.25) is 11.8 Å². The number of nitrogens with zero attached hydrogens (tertiary/aromatic N) is 3. The number of rotatable bonds is 8. The summed E-state index contributed by atoms with van der Waals surface area (Å²) in [6.45, 7) is 2.86. The summed E-state index contributed by atoms with van der Waals surface area (Å²) >= 11 is 0. The van der Waals surface area contributed by atoms with Crippen molar-refractivity contribution in [1.29, 1.82) is 0 Å². The molecule has 2 fully saturated rings. The normalized spacial score (nSPS) is 21.1. The van der Waals surface area contributed by atoms with E-state index in [1.54, 1.807) is 13.2 Å². The van der Waals surface area contributed by atoms with Gasteiger partial charge in [0.25, 0.3) is 5.91 Å². The lowest BCUT2D eigenvalue weighted by Crippen LogP contribution is -2.45. The number of hydrogen-bond acceptors (Lipinski definition) is 7. The smallest absolute Gasteiger partial charge is 0.271 e. The van der Waals surface area contributed by atoms with Gasteiger partial charge in [-0.2, -0.15) is 0 Å². The maximum atomic E-state index is 12.2. The Hall–Kier alpha value is -3.69.